The van der Waals surface area contributed by atoms with Gasteiger partial charge in [0, 0.05) is 39.4 Å². The van der Waals surface area contributed by atoms with Crippen LogP contribution in [0.3, 0.4) is 0 Å². The summed E-state index contributed by atoms with van der Waals surface area (Å²) in [6.07, 6.45) is 3.24. The fourth-order valence-corrected chi connectivity index (χ4v) is 4.04. The van der Waals surface area contributed by atoms with Gasteiger partial charge < -0.3 is 24.9 Å². The van der Waals surface area contributed by atoms with E-state index in [-0.39, 0.29) is 5.91 Å². The Balaban J connectivity index is 1.70. The van der Waals surface area contributed by atoms with Crippen molar-refractivity contribution in [2.75, 3.05) is 19.5 Å². The van der Waals surface area contributed by atoms with Gasteiger partial charge in [0.25, 0.3) is 0 Å². The number of methoxy groups -OCH3 is 2. The number of fused-ring (bicyclic) bond motifs is 1. The van der Waals surface area contributed by atoms with Crippen molar-refractivity contribution in [1.82, 2.24) is 0 Å². The van der Waals surface area contributed by atoms with E-state index in [0.29, 0.717) is 17.0 Å². The first-order chi connectivity index (χ1) is 16.8. The van der Waals surface area contributed by atoms with E-state index in [1.54, 1.807) is 44.7 Å². The van der Waals surface area contributed by atoms with Crippen LogP contribution in [0, 0.1) is 6.92 Å². The summed E-state index contributed by atoms with van der Waals surface area (Å²) in [7, 11) is 3.23. The normalized spacial score (nSPS) is 11.4. The maximum absolute atomic E-state index is 12.7. The number of furan rings is 1. The molecular formula is C28H26N2O5. The zero-order chi connectivity index (χ0) is 25.1. The van der Waals surface area contributed by atoms with Crippen molar-refractivity contribution in [2.45, 2.75) is 13.8 Å². The Kier molecular flexibility index (Phi) is 6.59. The van der Waals surface area contributed by atoms with Gasteiger partial charge in [-0.2, -0.15) is 0 Å². The molecule has 0 aliphatic carbocycles. The summed E-state index contributed by atoms with van der Waals surface area (Å²) in [6.45, 7) is 3.78. The molecular weight excluding hydrogens is 444 g/mol. The fraction of sp³-hybridized carbons (Fsp3) is 0.143. The van der Waals surface area contributed by atoms with Gasteiger partial charge in [0.2, 0.25) is 11.8 Å². The monoisotopic (exact) mass is 470 g/mol. The number of hydrogen-bond acceptors (Lipinski definition) is 5. The minimum atomic E-state index is -0.523. The van der Waals surface area contributed by atoms with Crippen LogP contribution in [0.5, 0.6) is 11.5 Å². The molecule has 0 saturated heterocycles. The van der Waals surface area contributed by atoms with Crippen molar-refractivity contribution in [2.24, 2.45) is 5.73 Å². The van der Waals surface area contributed by atoms with E-state index in [9.17, 15) is 9.59 Å². The molecule has 178 valence electrons. The van der Waals surface area contributed by atoms with Gasteiger partial charge in [-0.1, -0.05) is 12.1 Å². The Labute approximate surface area is 203 Å². The predicted octanol–water partition coefficient (Wildman–Crippen LogP) is 5.57. The lowest BCUT2D eigenvalue weighted by Gasteiger charge is -2.13. The van der Waals surface area contributed by atoms with Gasteiger partial charge in [0.05, 0.1) is 20.5 Å². The summed E-state index contributed by atoms with van der Waals surface area (Å²) >= 11 is 0. The summed E-state index contributed by atoms with van der Waals surface area (Å²) < 4.78 is 16.9. The molecule has 0 bridgehead atoms. The van der Waals surface area contributed by atoms with Crippen LogP contribution in [0.15, 0.2) is 71.4 Å². The smallest absolute Gasteiger partial charge is 0.248 e. The maximum atomic E-state index is 12.7. The minimum absolute atomic E-state index is 0.309. The number of anilines is 1. The Bertz CT molecular complexity index is 1430. The molecule has 7 heteroatoms. The second-order valence-corrected chi connectivity index (χ2v) is 8.10. The van der Waals surface area contributed by atoms with Crippen LogP contribution in [0.4, 0.5) is 5.69 Å². The second kappa shape index (κ2) is 9.77. The summed E-state index contributed by atoms with van der Waals surface area (Å²) in [5.74, 6) is 0.580. The maximum Gasteiger partial charge on any atom is 0.248 e. The summed E-state index contributed by atoms with van der Waals surface area (Å²) in [6, 6.07) is 16.1. The number of hydrogen-bond donors (Lipinski definition) is 2. The third kappa shape index (κ3) is 4.75. The van der Waals surface area contributed by atoms with E-state index >= 15 is 0 Å². The van der Waals surface area contributed by atoms with Crippen LogP contribution in [0.2, 0.25) is 0 Å². The number of ether oxygens (including phenoxy) is 2. The van der Waals surface area contributed by atoms with Gasteiger partial charge in [-0.05, 0) is 67.4 Å². The van der Waals surface area contributed by atoms with Crippen molar-refractivity contribution in [3.05, 3.63) is 83.6 Å². The van der Waals surface area contributed by atoms with E-state index in [2.05, 4.69) is 5.32 Å². The zero-order valence-electron chi connectivity index (χ0n) is 20.0. The highest BCUT2D eigenvalue weighted by Gasteiger charge is 2.19. The number of amides is 2. The molecule has 7 nitrogen and oxygen atoms in total. The molecule has 0 aliphatic rings. The molecule has 1 aromatic heterocycles. The van der Waals surface area contributed by atoms with Crippen molar-refractivity contribution >= 4 is 34.0 Å². The van der Waals surface area contributed by atoms with Gasteiger partial charge in [-0.3, -0.25) is 9.59 Å². The Morgan fingerprint density at radius 2 is 1.69 bits per heavy atom. The van der Waals surface area contributed by atoms with Crippen LogP contribution in [0.1, 0.15) is 28.4 Å². The molecule has 2 amide bonds. The molecule has 0 spiro atoms. The lowest BCUT2D eigenvalue weighted by molar-refractivity contribution is -0.111. The Morgan fingerprint density at radius 1 is 1.00 bits per heavy atom. The molecule has 0 unspecified atom stereocenters. The number of benzene rings is 3. The minimum Gasteiger partial charge on any atom is -0.497 e. The average molecular weight is 471 g/mol. The van der Waals surface area contributed by atoms with Crippen LogP contribution in [0.25, 0.3) is 27.7 Å². The number of carbonyl (C=O) groups excluding carboxylic acids is 2. The van der Waals surface area contributed by atoms with Crippen molar-refractivity contribution in [3.63, 3.8) is 0 Å². The lowest BCUT2D eigenvalue weighted by Crippen LogP contribution is -2.12. The Hall–Kier alpha value is -4.52. The van der Waals surface area contributed by atoms with E-state index in [4.69, 9.17) is 19.6 Å². The zero-order valence-corrected chi connectivity index (χ0v) is 20.0. The largest absolute Gasteiger partial charge is 0.497 e. The number of nitrogens with two attached hydrogens (primary N) is 1. The third-order valence-electron chi connectivity index (χ3n) is 5.86. The van der Waals surface area contributed by atoms with Gasteiger partial charge in [0.1, 0.15) is 17.1 Å². The highest BCUT2D eigenvalue weighted by Crippen LogP contribution is 2.40. The molecule has 4 aromatic rings. The first-order valence-electron chi connectivity index (χ1n) is 10.9. The second-order valence-electron chi connectivity index (χ2n) is 8.10. The summed E-state index contributed by atoms with van der Waals surface area (Å²) in [5.41, 5.74) is 11.2. The number of rotatable bonds is 7. The van der Waals surface area contributed by atoms with Crippen LogP contribution >= 0.6 is 0 Å². The number of primary amides is 1. The first kappa shape index (κ1) is 23.6. The van der Waals surface area contributed by atoms with Crippen LogP contribution in [-0.2, 0) is 4.79 Å². The average Bonchev–Trinajstić information content (AvgIpc) is 3.28. The van der Waals surface area contributed by atoms with Crippen LogP contribution in [-0.4, -0.2) is 26.0 Å². The van der Waals surface area contributed by atoms with Gasteiger partial charge in [0.15, 0.2) is 0 Å². The van der Waals surface area contributed by atoms with E-state index < -0.39 is 5.91 Å². The number of nitrogens with one attached hydrogen (secondary N) is 1. The highest BCUT2D eigenvalue weighted by molar-refractivity contribution is 6.06. The topological polar surface area (TPSA) is 104 Å². The first-order valence-corrected chi connectivity index (χ1v) is 10.9. The molecule has 0 fully saturated rings. The van der Waals surface area contributed by atoms with E-state index in [0.717, 1.165) is 44.5 Å². The SMILES string of the molecule is COc1ccc(-c2coc3c(C)c(OC)c(/C(C)=C/C(=O)Nc4ccc(C(N)=O)cc4)cc23)cc1. The summed E-state index contributed by atoms with van der Waals surface area (Å²) in [4.78, 5) is 24.0. The van der Waals surface area contributed by atoms with Crippen molar-refractivity contribution in [3.8, 4) is 22.6 Å². The fourth-order valence-electron chi connectivity index (χ4n) is 4.04. The highest BCUT2D eigenvalue weighted by atomic mass is 16.5. The van der Waals surface area contributed by atoms with Crippen molar-refractivity contribution in [1.29, 1.82) is 0 Å². The number of aryl methyl sites for hydroxylation is 1. The Morgan fingerprint density at radius 3 is 2.29 bits per heavy atom. The molecule has 0 aliphatic heterocycles. The number of carbonyl (C=O) groups is 2. The molecule has 3 aromatic carbocycles. The lowest BCUT2D eigenvalue weighted by atomic mass is 9.96. The molecule has 0 atom stereocenters. The number of allylic oxidation sites excluding steroid dienone is 1. The molecule has 1 heterocycles. The molecule has 3 N–H and O–H groups in total. The van der Waals surface area contributed by atoms with Gasteiger partial charge in [-0.15, -0.1) is 0 Å². The van der Waals surface area contributed by atoms with Gasteiger partial charge >= 0.3 is 0 Å². The quantitative estimate of drug-likeness (QED) is 0.344. The third-order valence-corrected chi connectivity index (χ3v) is 5.86. The predicted molar refractivity (Wildman–Crippen MR) is 137 cm³/mol. The standard InChI is InChI=1S/C28H26N2O5/c1-16(13-25(31)30-20-9-5-19(6-10-20)28(29)32)22-14-23-24(18-7-11-21(33-3)12-8-18)15-35-27(23)17(2)26(22)34-4/h5-15H,1-4H3,(H2,29,32)(H,30,31)/b16-13+. The summed E-state index contributed by atoms with van der Waals surface area (Å²) in [5, 5.41) is 3.72. The van der Waals surface area contributed by atoms with Crippen molar-refractivity contribution < 1.29 is 23.5 Å². The van der Waals surface area contributed by atoms with Crippen LogP contribution < -0.4 is 20.5 Å². The van der Waals surface area contributed by atoms with E-state index in [1.807, 2.05) is 44.2 Å². The molecule has 35 heavy (non-hydrogen) atoms. The van der Waals surface area contributed by atoms with Gasteiger partial charge in [-0.25, -0.2) is 0 Å². The molecule has 0 saturated carbocycles. The molecule has 0 radical (unpaired) electrons. The molecule has 4 rings (SSSR count). The van der Waals surface area contributed by atoms with E-state index in [1.165, 1.54) is 6.08 Å².